The van der Waals surface area contributed by atoms with Crippen molar-refractivity contribution < 1.29 is 9.90 Å². The highest BCUT2D eigenvalue weighted by Crippen LogP contribution is 2.37. The van der Waals surface area contributed by atoms with Crippen molar-refractivity contribution in [1.29, 1.82) is 0 Å². The van der Waals surface area contributed by atoms with Crippen molar-refractivity contribution in [2.24, 2.45) is 0 Å². The van der Waals surface area contributed by atoms with E-state index in [4.69, 9.17) is 5.11 Å². The van der Waals surface area contributed by atoms with Crippen LogP contribution in [0.1, 0.15) is 42.6 Å². The first kappa shape index (κ1) is 13.4. The third-order valence-electron chi connectivity index (χ3n) is 3.82. The van der Waals surface area contributed by atoms with Crippen LogP contribution in [-0.2, 0) is 0 Å². The molecule has 1 fully saturated rings. The Labute approximate surface area is 121 Å². The van der Waals surface area contributed by atoms with Crippen LogP contribution in [0, 0.1) is 0 Å². The molecule has 1 heterocycles. The maximum Gasteiger partial charge on any atom is 0.335 e. The summed E-state index contributed by atoms with van der Waals surface area (Å²) < 4.78 is 1.91. The van der Waals surface area contributed by atoms with E-state index in [0.717, 1.165) is 29.6 Å². The number of carboxylic acids is 1. The van der Waals surface area contributed by atoms with Crippen LogP contribution < -0.4 is 0 Å². The zero-order valence-corrected chi connectivity index (χ0v) is 12.1. The van der Waals surface area contributed by atoms with Crippen LogP contribution in [0.4, 0.5) is 0 Å². The van der Waals surface area contributed by atoms with Crippen LogP contribution in [0.5, 0.6) is 0 Å². The summed E-state index contributed by atoms with van der Waals surface area (Å²) in [4.78, 5) is 11.1. The van der Waals surface area contributed by atoms with Crippen LogP contribution in [-0.4, -0.2) is 37.1 Å². The SMILES string of the molecule is CCSC1CCC(n2nnc3ccc(C(=O)O)cc32)C1. The highest BCUT2D eigenvalue weighted by Gasteiger charge is 2.27. The van der Waals surface area contributed by atoms with Gasteiger partial charge in [-0.2, -0.15) is 11.8 Å². The Bertz CT molecular complexity index is 640. The zero-order valence-electron chi connectivity index (χ0n) is 11.3. The van der Waals surface area contributed by atoms with Crippen molar-refractivity contribution >= 4 is 28.8 Å². The number of thioether (sulfide) groups is 1. The van der Waals surface area contributed by atoms with Gasteiger partial charge in [0, 0.05) is 5.25 Å². The first-order valence-corrected chi connectivity index (χ1v) is 7.93. The van der Waals surface area contributed by atoms with Gasteiger partial charge in [-0.3, -0.25) is 0 Å². The minimum atomic E-state index is -0.912. The topological polar surface area (TPSA) is 68.0 Å². The summed E-state index contributed by atoms with van der Waals surface area (Å²) >= 11 is 2.00. The molecule has 0 amide bonds. The molecule has 0 radical (unpaired) electrons. The molecule has 106 valence electrons. The van der Waals surface area contributed by atoms with Crippen molar-refractivity contribution in [2.75, 3.05) is 5.75 Å². The first-order chi connectivity index (χ1) is 9.69. The van der Waals surface area contributed by atoms with Crippen LogP contribution in [0.3, 0.4) is 0 Å². The van der Waals surface area contributed by atoms with Gasteiger partial charge in [0.25, 0.3) is 0 Å². The van der Waals surface area contributed by atoms with Crippen LogP contribution >= 0.6 is 11.8 Å². The summed E-state index contributed by atoms with van der Waals surface area (Å²) in [7, 11) is 0. The number of rotatable bonds is 4. The van der Waals surface area contributed by atoms with Crippen LogP contribution in [0.25, 0.3) is 11.0 Å². The average Bonchev–Trinajstić information content (AvgIpc) is 3.04. The molecule has 6 heteroatoms. The second-order valence-corrected chi connectivity index (χ2v) is 6.66. The lowest BCUT2D eigenvalue weighted by atomic mass is 10.2. The fourth-order valence-electron chi connectivity index (χ4n) is 2.87. The number of hydrogen-bond donors (Lipinski definition) is 1. The Morgan fingerprint density at radius 2 is 2.35 bits per heavy atom. The predicted octanol–water partition coefficient (Wildman–Crippen LogP) is 2.98. The fraction of sp³-hybridized carbons (Fsp3) is 0.500. The Hall–Kier alpha value is -1.56. The largest absolute Gasteiger partial charge is 0.478 e. The molecule has 1 aromatic heterocycles. The van der Waals surface area contributed by atoms with Gasteiger partial charge in [-0.1, -0.05) is 12.1 Å². The molecule has 0 aliphatic heterocycles. The predicted molar refractivity (Wildman–Crippen MR) is 79.3 cm³/mol. The number of hydrogen-bond acceptors (Lipinski definition) is 4. The fourth-order valence-corrected chi connectivity index (χ4v) is 4.00. The molecule has 20 heavy (non-hydrogen) atoms. The number of carboxylic acid groups (broad SMARTS) is 1. The molecule has 2 atom stereocenters. The molecule has 2 unspecified atom stereocenters. The molecular formula is C14H17N3O2S. The summed E-state index contributed by atoms with van der Waals surface area (Å²) in [6.07, 6.45) is 3.38. The zero-order chi connectivity index (χ0) is 14.1. The van der Waals surface area contributed by atoms with E-state index < -0.39 is 5.97 Å². The van der Waals surface area contributed by atoms with E-state index >= 15 is 0 Å². The van der Waals surface area contributed by atoms with Gasteiger partial charge < -0.3 is 5.11 Å². The van der Waals surface area contributed by atoms with Gasteiger partial charge in [0.1, 0.15) is 5.52 Å². The molecule has 5 nitrogen and oxygen atoms in total. The van der Waals surface area contributed by atoms with E-state index in [1.54, 1.807) is 18.2 Å². The quantitative estimate of drug-likeness (QED) is 0.938. The summed E-state index contributed by atoms with van der Waals surface area (Å²) in [5, 5.41) is 18.2. The molecule has 3 rings (SSSR count). The standard InChI is InChI=1S/C14H17N3O2S/c1-2-20-11-5-4-10(8-11)17-13-7-9(14(18)19)3-6-12(13)15-16-17/h3,6-7,10-11H,2,4-5,8H2,1H3,(H,18,19). The third kappa shape index (κ3) is 2.40. The van der Waals surface area contributed by atoms with Gasteiger partial charge in [-0.25, -0.2) is 9.48 Å². The first-order valence-electron chi connectivity index (χ1n) is 6.89. The minimum absolute atomic E-state index is 0.290. The number of nitrogens with zero attached hydrogens (tertiary/aromatic N) is 3. The summed E-state index contributed by atoms with van der Waals surface area (Å²) in [6.45, 7) is 2.18. The molecular weight excluding hydrogens is 274 g/mol. The van der Waals surface area contributed by atoms with Gasteiger partial charge >= 0.3 is 5.97 Å². The van der Waals surface area contributed by atoms with Crippen molar-refractivity contribution in [3.63, 3.8) is 0 Å². The number of benzene rings is 1. The van der Waals surface area contributed by atoms with Crippen LogP contribution in [0.15, 0.2) is 18.2 Å². The lowest BCUT2D eigenvalue weighted by Gasteiger charge is -2.11. The molecule has 1 aliphatic rings. The smallest absolute Gasteiger partial charge is 0.335 e. The number of aromatic carboxylic acids is 1. The Morgan fingerprint density at radius 1 is 1.50 bits per heavy atom. The van der Waals surface area contributed by atoms with E-state index in [9.17, 15) is 4.79 Å². The molecule has 2 aromatic rings. The van der Waals surface area contributed by atoms with Gasteiger partial charge in [-0.15, -0.1) is 5.10 Å². The van der Waals surface area contributed by atoms with E-state index in [0.29, 0.717) is 16.9 Å². The normalized spacial score (nSPS) is 22.4. The summed E-state index contributed by atoms with van der Waals surface area (Å²) in [5.74, 6) is 0.226. The maximum atomic E-state index is 11.1. The van der Waals surface area contributed by atoms with Crippen molar-refractivity contribution in [3.05, 3.63) is 23.8 Å². The molecule has 0 saturated heterocycles. The Balaban J connectivity index is 1.92. The molecule has 1 N–H and O–H groups in total. The Morgan fingerprint density at radius 3 is 3.10 bits per heavy atom. The van der Waals surface area contributed by atoms with Crippen molar-refractivity contribution in [3.8, 4) is 0 Å². The summed E-state index contributed by atoms with van der Waals surface area (Å²) in [6, 6.07) is 5.33. The van der Waals surface area contributed by atoms with Gasteiger partial charge in [0.15, 0.2) is 0 Å². The average molecular weight is 291 g/mol. The second-order valence-electron chi connectivity index (χ2n) is 5.09. The minimum Gasteiger partial charge on any atom is -0.478 e. The van der Waals surface area contributed by atoms with E-state index in [2.05, 4.69) is 17.2 Å². The number of carbonyl (C=O) groups is 1. The van der Waals surface area contributed by atoms with Gasteiger partial charge in [-0.05, 0) is 43.2 Å². The highest BCUT2D eigenvalue weighted by molar-refractivity contribution is 7.99. The number of aromatic nitrogens is 3. The Kier molecular flexibility index (Phi) is 3.65. The van der Waals surface area contributed by atoms with E-state index in [1.807, 2.05) is 16.4 Å². The van der Waals surface area contributed by atoms with E-state index in [1.165, 1.54) is 6.42 Å². The lowest BCUT2D eigenvalue weighted by Crippen LogP contribution is -2.08. The third-order valence-corrected chi connectivity index (χ3v) is 5.06. The molecule has 1 aliphatic carbocycles. The molecule has 0 spiro atoms. The van der Waals surface area contributed by atoms with Crippen molar-refractivity contribution in [2.45, 2.75) is 37.5 Å². The monoisotopic (exact) mass is 291 g/mol. The molecule has 0 bridgehead atoms. The number of fused-ring (bicyclic) bond motifs is 1. The maximum absolute atomic E-state index is 11.1. The van der Waals surface area contributed by atoms with Crippen molar-refractivity contribution in [1.82, 2.24) is 15.0 Å². The highest BCUT2D eigenvalue weighted by atomic mass is 32.2. The molecule has 1 saturated carbocycles. The lowest BCUT2D eigenvalue weighted by molar-refractivity contribution is 0.0697. The molecule has 1 aromatic carbocycles. The van der Waals surface area contributed by atoms with E-state index in [-0.39, 0.29) is 0 Å². The second kappa shape index (κ2) is 5.44. The summed E-state index contributed by atoms with van der Waals surface area (Å²) in [5.41, 5.74) is 1.89. The van der Waals surface area contributed by atoms with Crippen LogP contribution in [0.2, 0.25) is 0 Å². The van der Waals surface area contributed by atoms with Gasteiger partial charge in [0.2, 0.25) is 0 Å². The van der Waals surface area contributed by atoms with Gasteiger partial charge in [0.05, 0.1) is 17.1 Å².